The first-order chi connectivity index (χ1) is 8.99. The van der Waals surface area contributed by atoms with Crippen LogP contribution in [0.1, 0.15) is 11.1 Å². The minimum atomic E-state index is -0.891. The Labute approximate surface area is 117 Å². The predicted octanol–water partition coefficient (Wildman–Crippen LogP) is 4.79. The van der Waals surface area contributed by atoms with Gasteiger partial charge in [0.2, 0.25) is 0 Å². The SMILES string of the molecule is Cc1cc(Br)c(F)cc1NCc1cccc(F)c1F. The van der Waals surface area contributed by atoms with Gasteiger partial charge in [0, 0.05) is 17.8 Å². The molecular weight excluding hydrogens is 319 g/mol. The molecule has 0 radical (unpaired) electrons. The van der Waals surface area contributed by atoms with E-state index < -0.39 is 17.5 Å². The molecule has 0 saturated heterocycles. The van der Waals surface area contributed by atoms with Crippen LogP contribution in [-0.4, -0.2) is 0 Å². The van der Waals surface area contributed by atoms with Gasteiger partial charge in [0.25, 0.3) is 0 Å². The summed E-state index contributed by atoms with van der Waals surface area (Å²) < 4.78 is 40.3. The van der Waals surface area contributed by atoms with Gasteiger partial charge in [-0.1, -0.05) is 12.1 Å². The molecule has 0 amide bonds. The maximum absolute atomic E-state index is 13.5. The van der Waals surface area contributed by atoms with Crippen molar-refractivity contribution in [1.82, 2.24) is 0 Å². The van der Waals surface area contributed by atoms with Crippen LogP contribution in [0, 0.1) is 24.4 Å². The van der Waals surface area contributed by atoms with E-state index in [9.17, 15) is 13.2 Å². The van der Waals surface area contributed by atoms with Gasteiger partial charge < -0.3 is 5.32 Å². The first kappa shape index (κ1) is 13.9. The van der Waals surface area contributed by atoms with Crippen LogP contribution in [0.2, 0.25) is 0 Å². The lowest BCUT2D eigenvalue weighted by Crippen LogP contribution is -2.04. The van der Waals surface area contributed by atoms with Crippen molar-refractivity contribution in [3.8, 4) is 0 Å². The smallest absolute Gasteiger partial charge is 0.163 e. The van der Waals surface area contributed by atoms with Gasteiger partial charge in [-0.25, -0.2) is 13.2 Å². The zero-order chi connectivity index (χ0) is 14.0. The molecule has 100 valence electrons. The van der Waals surface area contributed by atoms with E-state index in [2.05, 4.69) is 21.2 Å². The van der Waals surface area contributed by atoms with E-state index in [1.165, 1.54) is 18.2 Å². The Hall–Kier alpha value is -1.49. The number of benzene rings is 2. The summed E-state index contributed by atoms with van der Waals surface area (Å²) >= 11 is 3.08. The first-order valence-electron chi connectivity index (χ1n) is 5.61. The highest BCUT2D eigenvalue weighted by atomic mass is 79.9. The molecule has 1 nitrogen and oxygen atoms in total. The van der Waals surface area contributed by atoms with Crippen LogP contribution in [0.3, 0.4) is 0 Å². The van der Waals surface area contributed by atoms with Crippen LogP contribution in [-0.2, 0) is 6.54 Å². The second kappa shape index (κ2) is 5.65. The predicted molar refractivity (Wildman–Crippen MR) is 72.5 cm³/mol. The molecule has 2 aromatic rings. The summed E-state index contributed by atoms with van der Waals surface area (Å²) in [6.07, 6.45) is 0. The van der Waals surface area contributed by atoms with Gasteiger partial charge in [-0.2, -0.15) is 0 Å². The normalized spacial score (nSPS) is 10.6. The van der Waals surface area contributed by atoms with Crippen LogP contribution in [0.4, 0.5) is 18.9 Å². The second-order valence-electron chi connectivity index (χ2n) is 4.15. The third-order valence-corrected chi connectivity index (χ3v) is 3.38. The van der Waals surface area contributed by atoms with Crippen molar-refractivity contribution < 1.29 is 13.2 Å². The zero-order valence-corrected chi connectivity index (χ0v) is 11.7. The number of nitrogens with one attached hydrogen (secondary N) is 1. The maximum atomic E-state index is 13.5. The van der Waals surface area contributed by atoms with Crippen molar-refractivity contribution >= 4 is 21.6 Å². The molecule has 0 fully saturated rings. The summed E-state index contributed by atoms with van der Waals surface area (Å²) in [6.45, 7) is 1.89. The Morgan fingerprint density at radius 3 is 2.58 bits per heavy atom. The number of rotatable bonds is 3. The fraction of sp³-hybridized carbons (Fsp3) is 0.143. The van der Waals surface area contributed by atoms with Gasteiger partial charge in [-0.3, -0.25) is 0 Å². The number of hydrogen-bond acceptors (Lipinski definition) is 1. The summed E-state index contributed by atoms with van der Waals surface area (Å²) in [5.74, 6) is -2.18. The lowest BCUT2D eigenvalue weighted by atomic mass is 10.1. The van der Waals surface area contributed by atoms with Crippen LogP contribution < -0.4 is 5.32 Å². The lowest BCUT2D eigenvalue weighted by molar-refractivity contribution is 0.500. The highest BCUT2D eigenvalue weighted by Gasteiger charge is 2.09. The Bertz CT molecular complexity index is 614. The number of aryl methyl sites for hydroxylation is 1. The highest BCUT2D eigenvalue weighted by molar-refractivity contribution is 9.10. The second-order valence-corrected chi connectivity index (χ2v) is 5.00. The molecule has 0 aliphatic carbocycles. The molecule has 0 unspecified atom stereocenters. The molecule has 0 aliphatic rings. The van der Waals surface area contributed by atoms with E-state index in [-0.39, 0.29) is 12.1 Å². The number of anilines is 1. The van der Waals surface area contributed by atoms with E-state index in [1.807, 2.05) is 0 Å². The van der Waals surface area contributed by atoms with Crippen molar-refractivity contribution in [3.63, 3.8) is 0 Å². The minimum absolute atomic E-state index is 0.0888. The molecule has 5 heteroatoms. The van der Waals surface area contributed by atoms with E-state index in [0.29, 0.717) is 10.2 Å². The standard InChI is InChI=1S/C14H11BrF3N/c1-8-5-10(15)12(17)6-13(8)19-7-9-3-2-4-11(16)14(9)18/h2-6,19H,7H2,1H3. The van der Waals surface area contributed by atoms with Gasteiger partial charge in [0.05, 0.1) is 4.47 Å². The first-order valence-corrected chi connectivity index (χ1v) is 6.40. The Morgan fingerprint density at radius 2 is 1.84 bits per heavy atom. The summed E-state index contributed by atoms with van der Waals surface area (Å²) in [6, 6.07) is 6.92. The molecule has 0 aliphatic heterocycles. The molecule has 1 N–H and O–H groups in total. The molecule has 0 bridgehead atoms. The van der Waals surface area contributed by atoms with Crippen LogP contribution in [0.5, 0.6) is 0 Å². The third-order valence-electron chi connectivity index (χ3n) is 2.77. The fourth-order valence-electron chi connectivity index (χ4n) is 1.71. The zero-order valence-electron chi connectivity index (χ0n) is 10.1. The van der Waals surface area contributed by atoms with Crippen LogP contribution in [0.25, 0.3) is 0 Å². The molecule has 0 saturated carbocycles. The fourth-order valence-corrected chi connectivity index (χ4v) is 2.17. The molecule has 0 heterocycles. The summed E-state index contributed by atoms with van der Waals surface area (Å²) in [5, 5.41) is 2.90. The minimum Gasteiger partial charge on any atom is -0.381 e. The molecule has 2 aromatic carbocycles. The lowest BCUT2D eigenvalue weighted by Gasteiger charge is -2.11. The van der Waals surface area contributed by atoms with Crippen molar-refractivity contribution in [1.29, 1.82) is 0 Å². The molecule has 2 rings (SSSR count). The average molecular weight is 330 g/mol. The van der Waals surface area contributed by atoms with Gasteiger partial charge >= 0.3 is 0 Å². The molecule has 0 atom stereocenters. The van der Waals surface area contributed by atoms with Crippen molar-refractivity contribution in [2.75, 3.05) is 5.32 Å². The van der Waals surface area contributed by atoms with E-state index >= 15 is 0 Å². The quantitative estimate of drug-likeness (QED) is 0.853. The number of hydrogen-bond donors (Lipinski definition) is 1. The monoisotopic (exact) mass is 329 g/mol. The highest BCUT2D eigenvalue weighted by Crippen LogP contribution is 2.24. The Balaban J connectivity index is 2.19. The third kappa shape index (κ3) is 3.10. The topological polar surface area (TPSA) is 12.0 Å². The van der Waals surface area contributed by atoms with Gasteiger partial charge in [-0.15, -0.1) is 0 Å². The Morgan fingerprint density at radius 1 is 1.11 bits per heavy atom. The maximum Gasteiger partial charge on any atom is 0.163 e. The molecule has 0 spiro atoms. The summed E-state index contributed by atoms with van der Waals surface area (Å²) in [7, 11) is 0. The van der Waals surface area contributed by atoms with Crippen LogP contribution in [0.15, 0.2) is 34.8 Å². The van der Waals surface area contributed by atoms with Crippen molar-refractivity contribution in [2.45, 2.75) is 13.5 Å². The van der Waals surface area contributed by atoms with E-state index in [4.69, 9.17) is 0 Å². The summed E-state index contributed by atoms with van der Waals surface area (Å²) in [5.41, 5.74) is 1.55. The van der Waals surface area contributed by atoms with E-state index in [1.54, 1.807) is 13.0 Å². The molecule has 0 aromatic heterocycles. The van der Waals surface area contributed by atoms with Crippen molar-refractivity contribution in [2.24, 2.45) is 0 Å². The van der Waals surface area contributed by atoms with Crippen molar-refractivity contribution in [3.05, 3.63) is 63.4 Å². The van der Waals surface area contributed by atoms with Gasteiger partial charge in [0.1, 0.15) is 5.82 Å². The molecular formula is C14H11BrF3N. The van der Waals surface area contributed by atoms with Gasteiger partial charge in [-0.05, 0) is 46.6 Å². The Kier molecular flexibility index (Phi) is 4.14. The summed E-state index contributed by atoms with van der Waals surface area (Å²) in [4.78, 5) is 0. The largest absolute Gasteiger partial charge is 0.381 e. The average Bonchev–Trinajstić information content (AvgIpc) is 2.37. The van der Waals surface area contributed by atoms with Gasteiger partial charge in [0.15, 0.2) is 11.6 Å². The number of halogens is 4. The van der Waals surface area contributed by atoms with Crippen LogP contribution >= 0.6 is 15.9 Å². The molecule has 19 heavy (non-hydrogen) atoms. The van der Waals surface area contributed by atoms with E-state index in [0.717, 1.165) is 11.6 Å².